The second-order valence-electron chi connectivity index (χ2n) is 3.11. The third kappa shape index (κ3) is 4.16. The van der Waals surface area contributed by atoms with E-state index in [9.17, 15) is 4.79 Å². The summed E-state index contributed by atoms with van der Waals surface area (Å²) < 4.78 is 1.01. The van der Waals surface area contributed by atoms with E-state index in [2.05, 4.69) is 21.2 Å². The van der Waals surface area contributed by atoms with Crippen molar-refractivity contribution >= 4 is 21.9 Å². The monoisotopic (exact) mass is 269 g/mol. The summed E-state index contributed by atoms with van der Waals surface area (Å²) in [7, 11) is 0. The highest BCUT2D eigenvalue weighted by atomic mass is 79.9. The Morgan fingerprint density at radius 1 is 1.60 bits per heavy atom. The van der Waals surface area contributed by atoms with Crippen LogP contribution < -0.4 is 5.32 Å². The fourth-order valence-corrected chi connectivity index (χ4v) is 1.55. The topological polar surface area (TPSA) is 49.3 Å². The van der Waals surface area contributed by atoms with E-state index in [0.29, 0.717) is 0 Å². The largest absolute Gasteiger partial charge is 0.478 e. The smallest absolute Gasteiger partial charge is 0.329 e. The van der Waals surface area contributed by atoms with Crippen LogP contribution in [0.2, 0.25) is 0 Å². The Morgan fingerprint density at radius 3 is 2.93 bits per heavy atom. The standard InChI is InChI=1S/C11H12BrNO2/c1-8(13-6-5-11(14)15)9-3-2-4-10(12)7-9/h2-8,13H,1H3,(H,14,15)/b6-5+/t8-/m0/s1. The summed E-state index contributed by atoms with van der Waals surface area (Å²) in [6, 6.07) is 7.95. The summed E-state index contributed by atoms with van der Waals surface area (Å²) >= 11 is 3.38. The van der Waals surface area contributed by atoms with E-state index in [4.69, 9.17) is 5.11 Å². The number of hydrogen-bond donors (Lipinski definition) is 2. The van der Waals surface area contributed by atoms with Gasteiger partial charge in [0.15, 0.2) is 0 Å². The number of carboxylic acids is 1. The van der Waals surface area contributed by atoms with Gasteiger partial charge in [0.25, 0.3) is 0 Å². The third-order valence-electron chi connectivity index (χ3n) is 1.92. The highest BCUT2D eigenvalue weighted by Crippen LogP contribution is 2.17. The minimum absolute atomic E-state index is 0.0816. The fourth-order valence-electron chi connectivity index (χ4n) is 1.14. The van der Waals surface area contributed by atoms with E-state index < -0.39 is 5.97 Å². The Morgan fingerprint density at radius 2 is 2.33 bits per heavy atom. The number of aliphatic carboxylic acids is 1. The van der Waals surface area contributed by atoms with Gasteiger partial charge in [0.05, 0.1) is 0 Å². The van der Waals surface area contributed by atoms with E-state index >= 15 is 0 Å². The van der Waals surface area contributed by atoms with Crippen molar-refractivity contribution in [3.63, 3.8) is 0 Å². The van der Waals surface area contributed by atoms with Crippen LogP contribution >= 0.6 is 15.9 Å². The van der Waals surface area contributed by atoms with E-state index in [-0.39, 0.29) is 6.04 Å². The highest BCUT2D eigenvalue weighted by molar-refractivity contribution is 9.10. The van der Waals surface area contributed by atoms with Crippen LogP contribution in [0.3, 0.4) is 0 Å². The zero-order valence-corrected chi connectivity index (χ0v) is 9.86. The molecule has 0 saturated heterocycles. The molecule has 0 amide bonds. The Balaban J connectivity index is 2.61. The summed E-state index contributed by atoms with van der Waals surface area (Å²) in [5.41, 5.74) is 1.10. The minimum atomic E-state index is -0.955. The molecule has 0 aromatic heterocycles. The van der Waals surface area contributed by atoms with Crippen LogP contribution in [0.1, 0.15) is 18.5 Å². The van der Waals surface area contributed by atoms with Crippen molar-refractivity contribution in [3.05, 3.63) is 46.6 Å². The van der Waals surface area contributed by atoms with Crippen molar-refractivity contribution in [2.75, 3.05) is 0 Å². The molecule has 0 heterocycles. The first-order valence-corrected chi connectivity index (χ1v) is 5.30. The zero-order chi connectivity index (χ0) is 11.3. The van der Waals surface area contributed by atoms with Gasteiger partial charge in [0.1, 0.15) is 0 Å². The molecule has 15 heavy (non-hydrogen) atoms. The van der Waals surface area contributed by atoms with E-state index in [0.717, 1.165) is 16.1 Å². The molecule has 0 bridgehead atoms. The molecule has 0 aliphatic rings. The summed E-state index contributed by atoms with van der Waals surface area (Å²) in [6.45, 7) is 1.97. The van der Waals surface area contributed by atoms with Crippen molar-refractivity contribution in [1.82, 2.24) is 5.32 Å². The molecule has 1 aromatic rings. The van der Waals surface area contributed by atoms with Gasteiger partial charge in [-0.1, -0.05) is 28.1 Å². The first kappa shape index (κ1) is 11.8. The van der Waals surface area contributed by atoms with Crippen LogP contribution in [0.25, 0.3) is 0 Å². The molecule has 3 nitrogen and oxygen atoms in total. The maximum atomic E-state index is 10.2. The van der Waals surface area contributed by atoms with Crippen LogP contribution in [0.5, 0.6) is 0 Å². The molecular weight excluding hydrogens is 258 g/mol. The highest BCUT2D eigenvalue weighted by Gasteiger charge is 2.02. The number of benzene rings is 1. The van der Waals surface area contributed by atoms with Gasteiger partial charge in [-0.25, -0.2) is 4.79 Å². The molecule has 0 aliphatic carbocycles. The van der Waals surface area contributed by atoms with Crippen molar-refractivity contribution in [3.8, 4) is 0 Å². The van der Waals surface area contributed by atoms with E-state index in [1.807, 2.05) is 31.2 Å². The molecule has 0 spiro atoms. The number of carbonyl (C=O) groups is 1. The summed E-state index contributed by atoms with van der Waals surface area (Å²) in [5, 5.41) is 11.4. The van der Waals surface area contributed by atoms with Gasteiger partial charge in [0.2, 0.25) is 0 Å². The molecular formula is C11H12BrNO2. The lowest BCUT2D eigenvalue weighted by Gasteiger charge is -2.12. The van der Waals surface area contributed by atoms with Crippen molar-refractivity contribution in [1.29, 1.82) is 0 Å². The fraction of sp³-hybridized carbons (Fsp3) is 0.182. The number of nitrogens with one attached hydrogen (secondary N) is 1. The number of rotatable bonds is 4. The maximum Gasteiger partial charge on any atom is 0.329 e. The summed E-state index contributed by atoms with van der Waals surface area (Å²) in [4.78, 5) is 10.2. The van der Waals surface area contributed by atoms with Gasteiger partial charge >= 0.3 is 5.97 Å². The van der Waals surface area contributed by atoms with E-state index in [1.54, 1.807) is 0 Å². The quantitative estimate of drug-likeness (QED) is 0.827. The normalized spacial score (nSPS) is 12.7. The minimum Gasteiger partial charge on any atom is -0.478 e. The van der Waals surface area contributed by atoms with Crippen molar-refractivity contribution in [2.24, 2.45) is 0 Å². The Bertz CT molecular complexity index is 377. The molecule has 1 aromatic carbocycles. The van der Waals surface area contributed by atoms with Gasteiger partial charge in [0, 0.05) is 22.8 Å². The molecule has 80 valence electrons. The first-order valence-electron chi connectivity index (χ1n) is 4.50. The second kappa shape index (κ2) is 5.56. The van der Waals surface area contributed by atoms with E-state index in [1.165, 1.54) is 6.20 Å². The molecule has 4 heteroatoms. The lowest BCUT2D eigenvalue weighted by Crippen LogP contribution is -2.12. The number of hydrogen-bond acceptors (Lipinski definition) is 2. The Labute approximate surface area is 96.9 Å². The molecule has 0 aliphatic heterocycles. The van der Waals surface area contributed by atoms with Gasteiger partial charge in [-0.15, -0.1) is 0 Å². The SMILES string of the molecule is C[C@H](N/C=C/C(=O)O)c1cccc(Br)c1. The van der Waals surface area contributed by atoms with Gasteiger partial charge in [-0.05, 0) is 24.6 Å². The lowest BCUT2D eigenvalue weighted by molar-refractivity contribution is -0.131. The van der Waals surface area contributed by atoms with Crippen LogP contribution in [-0.2, 0) is 4.79 Å². The van der Waals surface area contributed by atoms with Crippen LogP contribution in [0.4, 0.5) is 0 Å². The molecule has 0 fully saturated rings. The predicted octanol–water partition coefficient (Wildman–Crippen LogP) is 2.70. The third-order valence-corrected chi connectivity index (χ3v) is 2.41. The predicted molar refractivity (Wildman–Crippen MR) is 62.5 cm³/mol. The van der Waals surface area contributed by atoms with Crippen LogP contribution in [0.15, 0.2) is 41.0 Å². The second-order valence-corrected chi connectivity index (χ2v) is 4.03. The Hall–Kier alpha value is -1.29. The van der Waals surface area contributed by atoms with Crippen LogP contribution in [-0.4, -0.2) is 11.1 Å². The van der Waals surface area contributed by atoms with Gasteiger partial charge in [-0.2, -0.15) is 0 Å². The zero-order valence-electron chi connectivity index (χ0n) is 8.27. The van der Waals surface area contributed by atoms with Gasteiger partial charge < -0.3 is 10.4 Å². The average molecular weight is 270 g/mol. The van der Waals surface area contributed by atoms with Crippen molar-refractivity contribution < 1.29 is 9.90 Å². The molecule has 1 rings (SSSR count). The Kier molecular flexibility index (Phi) is 4.37. The number of carboxylic acid groups (broad SMARTS) is 1. The van der Waals surface area contributed by atoms with Crippen molar-refractivity contribution in [2.45, 2.75) is 13.0 Å². The van der Waals surface area contributed by atoms with Crippen LogP contribution in [0, 0.1) is 0 Å². The first-order chi connectivity index (χ1) is 7.09. The summed E-state index contributed by atoms with van der Waals surface area (Å²) in [5.74, 6) is -0.955. The lowest BCUT2D eigenvalue weighted by atomic mass is 10.1. The van der Waals surface area contributed by atoms with Gasteiger partial charge in [-0.3, -0.25) is 0 Å². The number of halogens is 1. The molecule has 0 saturated carbocycles. The average Bonchev–Trinajstić information content (AvgIpc) is 2.17. The maximum absolute atomic E-state index is 10.2. The molecule has 0 unspecified atom stereocenters. The molecule has 1 atom stereocenters. The molecule has 2 N–H and O–H groups in total. The summed E-state index contributed by atoms with van der Waals surface area (Å²) in [6.07, 6.45) is 2.52. The molecule has 0 radical (unpaired) electrons.